The van der Waals surface area contributed by atoms with Crippen LogP contribution in [0.4, 0.5) is 0 Å². The Morgan fingerprint density at radius 3 is 1.69 bits per heavy atom. The molecule has 1 heterocycles. The van der Waals surface area contributed by atoms with E-state index >= 15 is 0 Å². The maximum atomic E-state index is 12.2. The van der Waals surface area contributed by atoms with Crippen LogP contribution in [0.5, 0.6) is 0 Å². The van der Waals surface area contributed by atoms with Gasteiger partial charge in [-0.15, -0.1) is 0 Å². The molecule has 1 rings (SSSR count). The zero-order valence-electron chi connectivity index (χ0n) is 20.6. The predicted molar refractivity (Wildman–Crippen MR) is 127 cm³/mol. The van der Waals surface area contributed by atoms with Crippen molar-refractivity contribution in [3.8, 4) is 0 Å². The summed E-state index contributed by atoms with van der Waals surface area (Å²) in [5.41, 5.74) is -1.53. The summed E-state index contributed by atoms with van der Waals surface area (Å²) in [6.07, 6.45) is 21.1. The first-order valence-corrected chi connectivity index (χ1v) is 13.1. The molecule has 1 amide bonds. The molecule has 0 bridgehead atoms. The molecule has 32 heavy (non-hydrogen) atoms. The van der Waals surface area contributed by atoms with Gasteiger partial charge in [-0.3, -0.25) is 4.79 Å². The van der Waals surface area contributed by atoms with Crippen molar-refractivity contribution in [1.29, 1.82) is 0 Å². The molecule has 0 spiro atoms. The fourth-order valence-electron chi connectivity index (χ4n) is 4.30. The predicted octanol–water partition coefficient (Wildman–Crippen LogP) is 6.30. The van der Waals surface area contributed by atoms with Crippen LogP contribution in [-0.4, -0.2) is 34.6 Å². The summed E-state index contributed by atoms with van der Waals surface area (Å²) < 4.78 is 5.30. The highest BCUT2D eigenvalue weighted by Gasteiger charge is 2.40. The lowest BCUT2D eigenvalue weighted by molar-refractivity contribution is -0.178. The Hall–Kier alpha value is -1.59. The van der Waals surface area contributed by atoms with Crippen molar-refractivity contribution in [1.82, 2.24) is 5.32 Å². The Morgan fingerprint density at radius 1 is 0.875 bits per heavy atom. The molecule has 2 unspecified atom stereocenters. The third-order valence-corrected chi connectivity index (χ3v) is 6.57. The second-order valence-corrected chi connectivity index (χ2v) is 9.67. The fraction of sp³-hybridized carbons (Fsp3) is 0.885. The van der Waals surface area contributed by atoms with E-state index in [-0.39, 0.29) is 12.3 Å². The minimum Gasteiger partial charge on any atom is -0.478 e. The van der Waals surface area contributed by atoms with Crippen LogP contribution in [0.2, 0.25) is 0 Å². The van der Waals surface area contributed by atoms with Gasteiger partial charge in [0, 0.05) is 6.42 Å². The van der Waals surface area contributed by atoms with E-state index in [2.05, 4.69) is 12.2 Å². The molecule has 0 aromatic heterocycles. The molecule has 0 aliphatic carbocycles. The van der Waals surface area contributed by atoms with Crippen LogP contribution in [0, 0.1) is 0 Å². The largest absolute Gasteiger partial charge is 0.478 e. The maximum absolute atomic E-state index is 12.2. The van der Waals surface area contributed by atoms with Gasteiger partial charge in [0.2, 0.25) is 11.5 Å². The minimum absolute atomic E-state index is 0.193. The van der Waals surface area contributed by atoms with Crippen molar-refractivity contribution >= 4 is 17.8 Å². The Morgan fingerprint density at radius 2 is 1.31 bits per heavy atom. The molecule has 0 radical (unpaired) electrons. The highest BCUT2D eigenvalue weighted by atomic mass is 16.6. The highest BCUT2D eigenvalue weighted by Crippen LogP contribution is 2.23. The number of esters is 1. The van der Waals surface area contributed by atoms with Crippen LogP contribution in [0.25, 0.3) is 0 Å². The first kappa shape index (κ1) is 28.4. The van der Waals surface area contributed by atoms with E-state index in [1.807, 2.05) is 0 Å². The number of carboxylic acid groups (broad SMARTS) is 1. The Kier molecular flexibility index (Phi) is 15.1. The van der Waals surface area contributed by atoms with Gasteiger partial charge in [0.15, 0.2) is 0 Å². The van der Waals surface area contributed by atoms with E-state index in [4.69, 9.17) is 4.74 Å². The average Bonchev–Trinajstić information content (AvgIpc) is 3.20. The summed E-state index contributed by atoms with van der Waals surface area (Å²) in [5.74, 6) is -1.96. The third-order valence-electron chi connectivity index (χ3n) is 6.57. The molecule has 2 N–H and O–H groups in total. The topological polar surface area (TPSA) is 92.7 Å². The summed E-state index contributed by atoms with van der Waals surface area (Å²) in [5, 5.41) is 12.1. The summed E-state index contributed by atoms with van der Waals surface area (Å²) in [7, 11) is 0. The van der Waals surface area contributed by atoms with E-state index < -0.39 is 23.6 Å². The number of hydrogen-bond donors (Lipinski definition) is 2. The Labute approximate surface area is 195 Å². The summed E-state index contributed by atoms with van der Waals surface area (Å²) in [4.78, 5) is 35.1. The van der Waals surface area contributed by atoms with Gasteiger partial charge in [-0.05, 0) is 26.2 Å². The summed E-state index contributed by atoms with van der Waals surface area (Å²) in [6, 6.07) is -0.716. The van der Waals surface area contributed by atoms with E-state index in [1.54, 1.807) is 0 Å². The van der Waals surface area contributed by atoms with E-state index in [0.717, 1.165) is 12.8 Å². The van der Waals surface area contributed by atoms with Crippen LogP contribution >= 0.6 is 0 Å². The third kappa shape index (κ3) is 12.4. The molecule has 6 heteroatoms. The number of carboxylic acids is 1. The number of nitrogens with one attached hydrogen (secondary N) is 1. The van der Waals surface area contributed by atoms with Crippen LogP contribution in [0.15, 0.2) is 0 Å². The molecule has 0 saturated carbocycles. The lowest BCUT2D eigenvalue weighted by Gasteiger charge is -2.26. The first-order valence-electron chi connectivity index (χ1n) is 13.1. The van der Waals surface area contributed by atoms with Gasteiger partial charge in [-0.25, -0.2) is 9.59 Å². The molecule has 1 aliphatic rings. The molecule has 0 aromatic rings. The van der Waals surface area contributed by atoms with Gasteiger partial charge < -0.3 is 15.2 Å². The average molecular weight is 454 g/mol. The smallest absolute Gasteiger partial charge is 0.347 e. The van der Waals surface area contributed by atoms with Crippen LogP contribution in [0.3, 0.4) is 0 Å². The molecule has 2 atom stereocenters. The molecule has 186 valence electrons. The number of ether oxygens (including phenoxy) is 1. The molecular weight excluding hydrogens is 406 g/mol. The zero-order valence-corrected chi connectivity index (χ0v) is 20.6. The second-order valence-electron chi connectivity index (χ2n) is 9.67. The monoisotopic (exact) mass is 453 g/mol. The maximum Gasteiger partial charge on any atom is 0.347 e. The normalized spacial score (nSPS) is 17.7. The number of unbranched alkanes of at least 4 members (excludes halogenated alkanes) is 15. The van der Waals surface area contributed by atoms with Crippen LogP contribution in [-0.2, 0) is 19.1 Å². The van der Waals surface area contributed by atoms with Gasteiger partial charge >= 0.3 is 11.9 Å². The van der Waals surface area contributed by atoms with E-state index in [0.29, 0.717) is 19.3 Å². The molecule has 0 aromatic carbocycles. The van der Waals surface area contributed by atoms with Crippen LogP contribution in [0.1, 0.15) is 136 Å². The molecule has 1 aliphatic heterocycles. The number of amides is 1. The number of aliphatic carboxylic acids is 1. The molecule has 1 fully saturated rings. The molecule has 1 saturated heterocycles. The second kappa shape index (κ2) is 17.0. The van der Waals surface area contributed by atoms with E-state index in [9.17, 15) is 19.5 Å². The SMILES string of the molecule is CCCCCCCCCCCCCCCCCCC(C)(OC(=O)C1CCC(=O)N1)C(=O)O. The van der Waals surface area contributed by atoms with Gasteiger partial charge in [0.1, 0.15) is 6.04 Å². The van der Waals surface area contributed by atoms with Crippen LogP contribution < -0.4 is 5.32 Å². The summed E-state index contributed by atoms with van der Waals surface area (Å²) in [6.45, 7) is 3.71. The van der Waals surface area contributed by atoms with Gasteiger partial charge in [0.05, 0.1) is 0 Å². The minimum atomic E-state index is -1.53. The summed E-state index contributed by atoms with van der Waals surface area (Å²) >= 11 is 0. The fourth-order valence-corrected chi connectivity index (χ4v) is 4.30. The van der Waals surface area contributed by atoms with Gasteiger partial charge in [-0.1, -0.05) is 103 Å². The molecule has 6 nitrogen and oxygen atoms in total. The standard InChI is InChI=1S/C26H47NO5/c1-3-4-5-6-7-8-9-10-11-12-13-14-15-16-17-18-21-26(2,25(30)31)32-24(29)22-19-20-23(28)27-22/h22H,3-21H2,1-2H3,(H,27,28)(H,30,31). The number of carbonyl (C=O) groups excluding carboxylic acids is 2. The van der Waals surface area contributed by atoms with Crippen molar-refractivity contribution in [3.63, 3.8) is 0 Å². The van der Waals surface area contributed by atoms with E-state index in [1.165, 1.54) is 90.4 Å². The Balaban J connectivity index is 2.00. The number of carbonyl (C=O) groups is 3. The number of hydrogen-bond acceptors (Lipinski definition) is 4. The van der Waals surface area contributed by atoms with Crippen molar-refractivity contribution in [2.24, 2.45) is 0 Å². The van der Waals surface area contributed by atoms with Gasteiger partial charge in [-0.2, -0.15) is 0 Å². The zero-order chi connectivity index (χ0) is 23.7. The lowest BCUT2D eigenvalue weighted by Crippen LogP contribution is -2.45. The quantitative estimate of drug-likeness (QED) is 0.167. The Bertz CT molecular complexity index is 550. The van der Waals surface area contributed by atoms with Crippen molar-refractivity contribution in [3.05, 3.63) is 0 Å². The van der Waals surface area contributed by atoms with Crippen molar-refractivity contribution in [2.45, 2.75) is 147 Å². The molecular formula is C26H47NO5. The first-order chi connectivity index (χ1) is 15.4. The highest BCUT2D eigenvalue weighted by molar-refractivity contribution is 5.90. The lowest BCUT2D eigenvalue weighted by atomic mass is 9.97. The van der Waals surface area contributed by atoms with Gasteiger partial charge in [0.25, 0.3) is 0 Å². The number of rotatable bonds is 20. The van der Waals surface area contributed by atoms with Crippen molar-refractivity contribution in [2.75, 3.05) is 0 Å². The van der Waals surface area contributed by atoms with Crippen molar-refractivity contribution < 1.29 is 24.2 Å².